The molecule has 118 valence electrons. The van der Waals surface area contributed by atoms with E-state index >= 15 is 0 Å². The van der Waals surface area contributed by atoms with Crippen molar-refractivity contribution in [2.75, 3.05) is 5.32 Å². The van der Waals surface area contributed by atoms with Crippen molar-refractivity contribution in [1.82, 2.24) is 9.78 Å². The SMILES string of the molecule is Cc1cc(NC(=O)c2cc(COc3ccccc3)cs2)n(C)n1. The maximum Gasteiger partial charge on any atom is 0.266 e. The van der Waals surface area contributed by atoms with Crippen LogP contribution in [0.1, 0.15) is 20.9 Å². The zero-order chi connectivity index (χ0) is 16.2. The number of para-hydroxylation sites is 1. The van der Waals surface area contributed by atoms with E-state index in [1.807, 2.05) is 54.8 Å². The van der Waals surface area contributed by atoms with Gasteiger partial charge in [0.25, 0.3) is 5.91 Å². The van der Waals surface area contributed by atoms with E-state index in [2.05, 4.69) is 10.4 Å². The molecule has 0 saturated heterocycles. The van der Waals surface area contributed by atoms with Crippen molar-refractivity contribution in [2.24, 2.45) is 7.05 Å². The van der Waals surface area contributed by atoms with Gasteiger partial charge in [0.15, 0.2) is 0 Å². The summed E-state index contributed by atoms with van der Waals surface area (Å²) in [6, 6.07) is 13.3. The number of carbonyl (C=O) groups is 1. The zero-order valence-corrected chi connectivity index (χ0v) is 13.8. The van der Waals surface area contributed by atoms with Gasteiger partial charge in [0.1, 0.15) is 18.2 Å². The molecule has 0 spiro atoms. The monoisotopic (exact) mass is 327 g/mol. The minimum atomic E-state index is -0.135. The van der Waals surface area contributed by atoms with Gasteiger partial charge in [-0.2, -0.15) is 5.10 Å². The molecule has 6 heteroatoms. The number of anilines is 1. The highest BCUT2D eigenvalue weighted by Crippen LogP contribution is 2.19. The van der Waals surface area contributed by atoms with Gasteiger partial charge in [-0.3, -0.25) is 9.48 Å². The Balaban J connectivity index is 1.62. The van der Waals surface area contributed by atoms with Crippen molar-refractivity contribution in [3.8, 4) is 5.75 Å². The highest BCUT2D eigenvalue weighted by Gasteiger charge is 2.12. The smallest absolute Gasteiger partial charge is 0.266 e. The van der Waals surface area contributed by atoms with E-state index in [4.69, 9.17) is 4.74 Å². The van der Waals surface area contributed by atoms with Crippen LogP contribution >= 0.6 is 11.3 Å². The lowest BCUT2D eigenvalue weighted by atomic mass is 10.3. The minimum Gasteiger partial charge on any atom is -0.489 e. The number of benzene rings is 1. The molecule has 0 unspecified atom stereocenters. The van der Waals surface area contributed by atoms with Crippen LogP contribution in [0.4, 0.5) is 5.82 Å². The van der Waals surface area contributed by atoms with Gasteiger partial charge in [0.05, 0.1) is 10.6 Å². The number of nitrogens with one attached hydrogen (secondary N) is 1. The number of aromatic nitrogens is 2. The van der Waals surface area contributed by atoms with Crippen LogP contribution in [0.25, 0.3) is 0 Å². The van der Waals surface area contributed by atoms with Crippen LogP contribution in [0.15, 0.2) is 47.8 Å². The Morgan fingerprint density at radius 1 is 1.30 bits per heavy atom. The summed E-state index contributed by atoms with van der Waals surface area (Å²) in [5.41, 5.74) is 1.84. The summed E-state index contributed by atoms with van der Waals surface area (Å²) in [6.45, 7) is 2.33. The first-order valence-electron chi connectivity index (χ1n) is 7.19. The number of hydrogen-bond donors (Lipinski definition) is 1. The van der Waals surface area contributed by atoms with E-state index in [0.717, 1.165) is 17.0 Å². The second kappa shape index (κ2) is 6.66. The fourth-order valence-electron chi connectivity index (χ4n) is 2.16. The summed E-state index contributed by atoms with van der Waals surface area (Å²) in [6.07, 6.45) is 0. The van der Waals surface area contributed by atoms with E-state index in [-0.39, 0.29) is 5.91 Å². The largest absolute Gasteiger partial charge is 0.489 e. The lowest BCUT2D eigenvalue weighted by Gasteiger charge is -2.04. The van der Waals surface area contributed by atoms with Gasteiger partial charge in [0.2, 0.25) is 0 Å². The molecule has 0 radical (unpaired) electrons. The Labute approximate surface area is 138 Å². The Bertz CT molecular complexity index is 808. The molecule has 5 nitrogen and oxygen atoms in total. The highest BCUT2D eigenvalue weighted by atomic mass is 32.1. The fourth-order valence-corrected chi connectivity index (χ4v) is 2.95. The van der Waals surface area contributed by atoms with E-state index in [1.165, 1.54) is 11.3 Å². The van der Waals surface area contributed by atoms with Crippen molar-refractivity contribution in [2.45, 2.75) is 13.5 Å². The molecule has 0 atom stereocenters. The molecule has 0 aliphatic carbocycles. The molecule has 0 aliphatic rings. The van der Waals surface area contributed by atoms with Crippen LogP contribution < -0.4 is 10.1 Å². The Hall–Kier alpha value is -2.60. The van der Waals surface area contributed by atoms with E-state index in [0.29, 0.717) is 17.3 Å². The molecule has 2 heterocycles. The summed E-state index contributed by atoms with van der Waals surface area (Å²) in [5, 5.41) is 9.01. The number of amides is 1. The summed E-state index contributed by atoms with van der Waals surface area (Å²) in [5.74, 6) is 1.36. The van der Waals surface area contributed by atoms with E-state index < -0.39 is 0 Å². The predicted octanol–water partition coefficient (Wildman–Crippen LogP) is 3.62. The van der Waals surface area contributed by atoms with E-state index in [1.54, 1.807) is 11.7 Å². The van der Waals surface area contributed by atoms with Crippen molar-refractivity contribution in [3.63, 3.8) is 0 Å². The van der Waals surface area contributed by atoms with Gasteiger partial charge in [-0.05, 0) is 30.5 Å². The normalized spacial score (nSPS) is 10.5. The first-order chi connectivity index (χ1) is 11.1. The summed E-state index contributed by atoms with van der Waals surface area (Å²) in [7, 11) is 1.80. The van der Waals surface area contributed by atoms with Gasteiger partial charge in [-0.15, -0.1) is 11.3 Å². The van der Waals surface area contributed by atoms with Gasteiger partial charge in [0, 0.05) is 18.7 Å². The number of hydrogen-bond acceptors (Lipinski definition) is 4. The Morgan fingerprint density at radius 2 is 2.09 bits per heavy atom. The quantitative estimate of drug-likeness (QED) is 0.778. The molecule has 1 amide bonds. The lowest BCUT2D eigenvalue weighted by Crippen LogP contribution is -2.13. The molecule has 0 aliphatic heterocycles. The zero-order valence-electron chi connectivity index (χ0n) is 12.9. The van der Waals surface area contributed by atoms with E-state index in [9.17, 15) is 4.79 Å². The van der Waals surface area contributed by atoms with Crippen LogP contribution in [0.5, 0.6) is 5.75 Å². The molecule has 2 aromatic heterocycles. The number of thiophene rings is 1. The number of ether oxygens (including phenoxy) is 1. The molecule has 0 fully saturated rings. The molecule has 3 rings (SSSR count). The second-order valence-electron chi connectivity index (χ2n) is 5.17. The molecule has 0 bridgehead atoms. The number of nitrogens with zero attached hydrogens (tertiary/aromatic N) is 2. The minimum absolute atomic E-state index is 0.135. The first-order valence-corrected chi connectivity index (χ1v) is 8.07. The average Bonchev–Trinajstić information content (AvgIpc) is 3.13. The van der Waals surface area contributed by atoms with Gasteiger partial charge in [-0.1, -0.05) is 18.2 Å². The number of carbonyl (C=O) groups excluding carboxylic acids is 1. The van der Waals surface area contributed by atoms with Crippen LogP contribution in [0.2, 0.25) is 0 Å². The van der Waals surface area contributed by atoms with Crippen molar-refractivity contribution >= 4 is 23.1 Å². The molecular formula is C17H17N3O2S. The van der Waals surface area contributed by atoms with Gasteiger partial charge >= 0.3 is 0 Å². The second-order valence-corrected chi connectivity index (χ2v) is 6.08. The third-order valence-corrected chi connectivity index (χ3v) is 4.25. The maximum atomic E-state index is 12.3. The van der Waals surface area contributed by atoms with Gasteiger partial charge < -0.3 is 10.1 Å². The lowest BCUT2D eigenvalue weighted by molar-refractivity contribution is 0.102. The standard InChI is InChI=1S/C17H17N3O2S/c1-12-8-16(20(2)19-12)18-17(21)15-9-13(11-23-15)10-22-14-6-4-3-5-7-14/h3-9,11H,10H2,1-2H3,(H,18,21). The summed E-state index contributed by atoms with van der Waals surface area (Å²) >= 11 is 1.40. The van der Waals surface area contributed by atoms with Crippen LogP contribution in [-0.4, -0.2) is 15.7 Å². The molecule has 3 aromatic rings. The van der Waals surface area contributed by atoms with Gasteiger partial charge in [-0.25, -0.2) is 0 Å². The van der Waals surface area contributed by atoms with Crippen LogP contribution in [0, 0.1) is 6.92 Å². The molecule has 1 N–H and O–H groups in total. The molecule has 23 heavy (non-hydrogen) atoms. The Kier molecular flexibility index (Phi) is 4.43. The summed E-state index contributed by atoms with van der Waals surface area (Å²) < 4.78 is 7.34. The van der Waals surface area contributed by atoms with Crippen molar-refractivity contribution in [3.05, 3.63) is 64.0 Å². The average molecular weight is 327 g/mol. The van der Waals surface area contributed by atoms with Crippen molar-refractivity contribution in [1.29, 1.82) is 0 Å². The number of aryl methyl sites for hydroxylation is 2. The molecular weight excluding hydrogens is 310 g/mol. The fraction of sp³-hybridized carbons (Fsp3) is 0.176. The van der Waals surface area contributed by atoms with Crippen LogP contribution in [-0.2, 0) is 13.7 Å². The Morgan fingerprint density at radius 3 is 2.78 bits per heavy atom. The third kappa shape index (κ3) is 3.78. The molecule has 1 aromatic carbocycles. The maximum absolute atomic E-state index is 12.3. The first kappa shape index (κ1) is 15.3. The third-order valence-electron chi connectivity index (χ3n) is 3.27. The van der Waals surface area contributed by atoms with Crippen LogP contribution in [0.3, 0.4) is 0 Å². The van der Waals surface area contributed by atoms with Crippen molar-refractivity contribution < 1.29 is 9.53 Å². The highest BCUT2D eigenvalue weighted by molar-refractivity contribution is 7.12. The topological polar surface area (TPSA) is 56.1 Å². The summed E-state index contributed by atoms with van der Waals surface area (Å²) in [4.78, 5) is 12.9. The number of rotatable bonds is 5. The predicted molar refractivity (Wildman–Crippen MR) is 91.0 cm³/mol. The molecule has 0 saturated carbocycles.